The molecule has 20 heavy (non-hydrogen) atoms. The topological polar surface area (TPSA) is 29.1 Å². The molecule has 1 N–H and O–H groups in total. The van der Waals surface area contributed by atoms with Crippen LogP contribution < -0.4 is 5.32 Å². The Hall–Kier alpha value is -1.61. The quantitative estimate of drug-likeness (QED) is 0.886. The number of hydrogen-bond acceptors (Lipinski definition) is 1. The van der Waals surface area contributed by atoms with Gasteiger partial charge in [0.1, 0.15) is 0 Å². The zero-order valence-electron chi connectivity index (χ0n) is 11.3. The highest BCUT2D eigenvalue weighted by Gasteiger charge is 2.51. The van der Waals surface area contributed by atoms with Gasteiger partial charge in [0.25, 0.3) is 0 Å². The van der Waals surface area contributed by atoms with Crippen LogP contribution in [0.2, 0.25) is 0 Å². The summed E-state index contributed by atoms with van der Waals surface area (Å²) in [6, 6.07) is 15.9. The highest BCUT2D eigenvalue weighted by atomic mass is 79.9. The van der Waals surface area contributed by atoms with Gasteiger partial charge in [-0.15, -0.1) is 0 Å². The second-order valence-corrected chi connectivity index (χ2v) is 6.22. The van der Waals surface area contributed by atoms with E-state index < -0.39 is 0 Å². The molecule has 0 spiro atoms. The molecular formula is C17H16BrNO. The predicted molar refractivity (Wildman–Crippen MR) is 84.9 cm³/mol. The van der Waals surface area contributed by atoms with Crippen molar-refractivity contribution in [3.8, 4) is 0 Å². The number of benzene rings is 2. The lowest BCUT2D eigenvalue weighted by molar-refractivity contribution is -0.118. The fraction of sp³-hybridized carbons (Fsp3) is 0.235. The summed E-state index contributed by atoms with van der Waals surface area (Å²) >= 11 is 3.50. The maximum absolute atomic E-state index is 12.6. The van der Waals surface area contributed by atoms with Gasteiger partial charge in [-0.05, 0) is 43.0 Å². The number of halogens is 1. The summed E-state index contributed by atoms with van der Waals surface area (Å²) in [6.07, 6.45) is 1.85. The number of nitrogens with one attached hydrogen (secondary N) is 1. The molecule has 3 rings (SSSR count). The highest BCUT2D eigenvalue weighted by molar-refractivity contribution is 9.10. The lowest BCUT2D eigenvalue weighted by Crippen LogP contribution is -2.27. The van der Waals surface area contributed by atoms with Crippen molar-refractivity contribution in [3.05, 3.63) is 64.1 Å². The average molecular weight is 330 g/mol. The molecule has 1 aliphatic rings. The molecule has 0 unspecified atom stereocenters. The zero-order chi connectivity index (χ0) is 14.2. The van der Waals surface area contributed by atoms with Crippen LogP contribution in [0.15, 0.2) is 53.0 Å². The summed E-state index contributed by atoms with van der Waals surface area (Å²) in [5.41, 5.74) is 2.80. The van der Waals surface area contributed by atoms with Gasteiger partial charge in [-0.3, -0.25) is 4.79 Å². The first kappa shape index (κ1) is 13.4. The highest BCUT2D eigenvalue weighted by Crippen LogP contribution is 2.48. The van der Waals surface area contributed by atoms with Crippen molar-refractivity contribution >= 4 is 27.5 Å². The molecule has 0 radical (unpaired) electrons. The maximum Gasteiger partial charge on any atom is 0.235 e. The molecule has 0 aromatic heterocycles. The number of hydrogen-bond donors (Lipinski definition) is 1. The number of rotatable bonds is 3. The summed E-state index contributed by atoms with van der Waals surface area (Å²) in [6.45, 7) is 2.03. The van der Waals surface area contributed by atoms with E-state index in [1.165, 1.54) is 0 Å². The molecule has 2 nitrogen and oxygen atoms in total. The Morgan fingerprint density at radius 3 is 2.45 bits per heavy atom. The lowest BCUT2D eigenvalue weighted by Gasteiger charge is -2.16. The second kappa shape index (κ2) is 5.06. The third-order valence-electron chi connectivity index (χ3n) is 3.94. The SMILES string of the molecule is Cc1ccc(NC(=O)C2(c3ccccc3)CC2)cc1Br. The first-order valence-electron chi connectivity index (χ1n) is 6.75. The fourth-order valence-corrected chi connectivity index (χ4v) is 2.83. The minimum absolute atomic E-state index is 0.0967. The molecule has 1 aliphatic carbocycles. The molecule has 3 heteroatoms. The number of carbonyl (C=O) groups excluding carboxylic acids is 1. The number of amides is 1. The Bertz CT molecular complexity index is 647. The lowest BCUT2D eigenvalue weighted by atomic mass is 9.95. The van der Waals surface area contributed by atoms with Gasteiger partial charge in [0.05, 0.1) is 5.41 Å². The van der Waals surface area contributed by atoms with E-state index in [1.54, 1.807) is 0 Å². The minimum atomic E-state index is -0.321. The van der Waals surface area contributed by atoms with Crippen molar-refractivity contribution in [1.82, 2.24) is 0 Å². The van der Waals surface area contributed by atoms with E-state index in [1.807, 2.05) is 55.5 Å². The largest absolute Gasteiger partial charge is 0.325 e. The molecule has 2 aromatic carbocycles. The van der Waals surface area contributed by atoms with Crippen LogP contribution in [0.1, 0.15) is 24.0 Å². The second-order valence-electron chi connectivity index (χ2n) is 5.37. The molecule has 1 amide bonds. The molecule has 1 fully saturated rings. The smallest absolute Gasteiger partial charge is 0.235 e. The third-order valence-corrected chi connectivity index (χ3v) is 4.80. The molecule has 2 aromatic rings. The van der Waals surface area contributed by atoms with E-state index in [0.717, 1.165) is 34.1 Å². The van der Waals surface area contributed by atoms with Crippen LogP contribution in [-0.4, -0.2) is 5.91 Å². The maximum atomic E-state index is 12.6. The molecule has 102 valence electrons. The van der Waals surface area contributed by atoms with Crippen molar-refractivity contribution in [2.45, 2.75) is 25.2 Å². The molecule has 1 saturated carbocycles. The van der Waals surface area contributed by atoms with Crippen LogP contribution in [0.5, 0.6) is 0 Å². The van der Waals surface area contributed by atoms with Crippen molar-refractivity contribution in [3.63, 3.8) is 0 Å². The summed E-state index contributed by atoms with van der Waals surface area (Å²) < 4.78 is 1.01. The van der Waals surface area contributed by atoms with Crippen LogP contribution >= 0.6 is 15.9 Å². The van der Waals surface area contributed by atoms with Crippen LogP contribution in [0.3, 0.4) is 0 Å². The Balaban J connectivity index is 1.81. The molecular weight excluding hydrogens is 314 g/mol. The van der Waals surface area contributed by atoms with E-state index in [9.17, 15) is 4.79 Å². The van der Waals surface area contributed by atoms with Crippen molar-refractivity contribution < 1.29 is 4.79 Å². The molecule has 0 saturated heterocycles. The Morgan fingerprint density at radius 1 is 1.15 bits per heavy atom. The van der Waals surface area contributed by atoms with E-state index in [2.05, 4.69) is 21.2 Å². The average Bonchev–Trinajstić information content (AvgIpc) is 3.26. The van der Waals surface area contributed by atoms with Crippen LogP contribution in [0.4, 0.5) is 5.69 Å². The van der Waals surface area contributed by atoms with Gasteiger partial charge in [0, 0.05) is 10.2 Å². The van der Waals surface area contributed by atoms with E-state index in [-0.39, 0.29) is 11.3 Å². The van der Waals surface area contributed by atoms with Crippen LogP contribution in [0.25, 0.3) is 0 Å². The standard InChI is InChI=1S/C17H16BrNO/c1-12-7-8-14(11-15(12)18)19-16(20)17(9-10-17)13-5-3-2-4-6-13/h2-8,11H,9-10H2,1H3,(H,19,20). The fourth-order valence-electron chi connectivity index (χ4n) is 2.45. The van der Waals surface area contributed by atoms with Gasteiger partial charge in [-0.1, -0.05) is 52.3 Å². The Morgan fingerprint density at radius 2 is 1.85 bits per heavy atom. The van der Waals surface area contributed by atoms with E-state index in [0.29, 0.717) is 0 Å². The zero-order valence-corrected chi connectivity index (χ0v) is 12.9. The predicted octanol–water partition coefficient (Wildman–Crippen LogP) is 4.43. The summed E-state index contributed by atoms with van der Waals surface area (Å²) in [7, 11) is 0. The van der Waals surface area contributed by atoms with Gasteiger partial charge in [-0.2, -0.15) is 0 Å². The van der Waals surface area contributed by atoms with Gasteiger partial charge < -0.3 is 5.32 Å². The monoisotopic (exact) mass is 329 g/mol. The normalized spacial score (nSPS) is 15.7. The number of aryl methyl sites for hydroxylation is 1. The van der Waals surface area contributed by atoms with Crippen molar-refractivity contribution in [2.75, 3.05) is 5.32 Å². The molecule has 0 heterocycles. The number of anilines is 1. The number of carbonyl (C=O) groups is 1. The Kier molecular flexibility index (Phi) is 3.38. The third kappa shape index (κ3) is 2.38. The molecule has 0 bridgehead atoms. The first-order valence-corrected chi connectivity index (χ1v) is 7.54. The van der Waals surface area contributed by atoms with Gasteiger partial charge in [-0.25, -0.2) is 0 Å². The summed E-state index contributed by atoms with van der Waals surface area (Å²) in [5.74, 6) is 0.0967. The first-order chi connectivity index (χ1) is 9.62. The van der Waals surface area contributed by atoms with Crippen molar-refractivity contribution in [1.29, 1.82) is 0 Å². The van der Waals surface area contributed by atoms with Gasteiger partial charge >= 0.3 is 0 Å². The molecule has 0 aliphatic heterocycles. The summed E-state index contributed by atoms with van der Waals surface area (Å²) in [4.78, 5) is 12.6. The Labute approximate surface area is 127 Å². The molecule has 0 atom stereocenters. The summed E-state index contributed by atoms with van der Waals surface area (Å²) in [5, 5.41) is 3.04. The van der Waals surface area contributed by atoms with E-state index in [4.69, 9.17) is 0 Å². The minimum Gasteiger partial charge on any atom is -0.325 e. The van der Waals surface area contributed by atoms with Gasteiger partial charge in [0.15, 0.2) is 0 Å². The van der Waals surface area contributed by atoms with Crippen LogP contribution in [0, 0.1) is 6.92 Å². The van der Waals surface area contributed by atoms with Gasteiger partial charge in [0.2, 0.25) is 5.91 Å². The van der Waals surface area contributed by atoms with E-state index >= 15 is 0 Å². The van der Waals surface area contributed by atoms with Crippen molar-refractivity contribution in [2.24, 2.45) is 0 Å². The van der Waals surface area contributed by atoms with Crippen LogP contribution in [-0.2, 0) is 10.2 Å².